The molecule has 2 aromatic carbocycles. The van der Waals surface area contributed by atoms with Gasteiger partial charge in [-0.3, -0.25) is 4.79 Å². The molecule has 0 bridgehead atoms. The lowest BCUT2D eigenvalue weighted by molar-refractivity contribution is 0.102. The third-order valence-corrected chi connectivity index (χ3v) is 4.59. The van der Waals surface area contributed by atoms with Crippen LogP contribution >= 0.6 is 11.7 Å². The highest BCUT2D eigenvalue weighted by Crippen LogP contribution is 2.16. The third-order valence-electron chi connectivity index (χ3n) is 4.03. The Kier molecular flexibility index (Phi) is 4.91. The number of carbonyl (C=O) groups is 1. The minimum Gasteiger partial charge on any atom is -0.383 e. The van der Waals surface area contributed by atoms with Crippen LogP contribution in [0.4, 0.5) is 5.69 Å². The van der Waals surface area contributed by atoms with Crippen LogP contribution in [0.15, 0.2) is 47.3 Å². The largest absolute Gasteiger partial charge is 0.383 e. The first-order valence-electron chi connectivity index (χ1n) is 8.31. The number of aromatic nitrogens is 6. The number of anilines is 1. The molecule has 1 amide bonds. The van der Waals surface area contributed by atoms with Gasteiger partial charge >= 0.3 is 5.69 Å². The monoisotopic (exact) mass is 397 g/mol. The minimum absolute atomic E-state index is 0.259. The van der Waals surface area contributed by atoms with E-state index < -0.39 is 0 Å². The molecule has 0 radical (unpaired) electrons. The molecule has 4 aromatic rings. The van der Waals surface area contributed by atoms with E-state index in [0.717, 1.165) is 17.2 Å². The molecule has 0 spiro atoms. The average Bonchev–Trinajstić information content (AvgIpc) is 3.33. The lowest BCUT2D eigenvalue weighted by Crippen LogP contribution is -2.25. The second kappa shape index (κ2) is 7.66. The molecular weight excluding hydrogens is 382 g/mol. The van der Waals surface area contributed by atoms with Crippen LogP contribution in [0.3, 0.4) is 0 Å². The van der Waals surface area contributed by atoms with Crippen LogP contribution in [0.1, 0.15) is 10.4 Å². The zero-order valence-corrected chi connectivity index (χ0v) is 15.6. The minimum atomic E-state index is -0.362. The Morgan fingerprint density at radius 3 is 2.68 bits per heavy atom. The van der Waals surface area contributed by atoms with Gasteiger partial charge in [0.1, 0.15) is 11.0 Å². The summed E-state index contributed by atoms with van der Waals surface area (Å²) >= 11 is 1.10. The third kappa shape index (κ3) is 3.52. The van der Waals surface area contributed by atoms with Crippen molar-refractivity contribution in [2.24, 2.45) is 0 Å². The summed E-state index contributed by atoms with van der Waals surface area (Å²) in [4.78, 5) is 24.7. The zero-order chi connectivity index (χ0) is 19.5. The highest BCUT2D eigenvalue weighted by molar-refractivity contribution is 7.00. The average molecular weight is 397 g/mol. The number of amides is 1. The van der Waals surface area contributed by atoms with Crippen LogP contribution in [0, 0.1) is 0 Å². The van der Waals surface area contributed by atoms with Gasteiger partial charge in [0, 0.05) is 18.4 Å². The fourth-order valence-electron chi connectivity index (χ4n) is 2.57. The number of methoxy groups -OCH3 is 1. The van der Waals surface area contributed by atoms with Crippen molar-refractivity contribution in [1.29, 1.82) is 0 Å². The topological polar surface area (TPSA) is 117 Å². The van der Waals surface area contributed by atoms with E-state index in [2.05, 4.69) is 24.5 Å². The standard InChI is InChI=1S/C17H15N7O3S/c1-27-9-8-23-17(26)24(22-21-23)13-5-3-12(4-6-13)18-16(25)11-2-7-14-15(10-11)20-28-19-14/h2-7,10H,8-9H2,1H3,(H,18,25). The molecule has 4 rings (SSSR count). The molecule has 0 unspecified atom stereocenters. The maximum absolute atomic E-state index is 12.4. The Labute approximate surface area is 162 Å². The normalized spacial score (nSPS) is 11.0. The maximum atomic E-state index is 12.4. The first-order valence-corrected chi connectivity index (χ1v) is 9.04. The number of hydrogen-bond donors (Lipinski definition) is 1. The molecule has 2 aromatic heterocycles. The van der Waals surface area contributed by atoms with Crippen molar-refractivity contribution in [3.05, 3.63) is 58.5 Å². The van der Waals surface area contributed by atoms with Crippen molar-refractivity contribution in [1.82, 2.24) is 28.5 Å². The zero-order valence-electron chi connectivity index (χ0n) is 14.8. The van der Waals surface area contributed by atoms with Gasteiger partial charge in [-0.25, -0.2) is 4.79 Å². The van der Waals surface area contributed by atoms with E-state index in [1.165, 1.54) is 9.36 Å². The number of tetrazole rings is 1. The predicted molar refractivity (Wildman–Crippen MR) is 103 cm³/mol. The Morgan fingerprint density at radius 2 is 1.89 bits per heavy atom. The molecule has 28 heavy (non-hydrogen) atoms. The van der Waals surface area contributed by atoms with Gasteiger partial charge in [0.15, 0.2) is 0 Å². The molecule has 11 heteroatoms. The van der Waals surface area contributed by atoms with Gasteiger partial charge in [-0.2, -0.15) is 18.1 Å². The number of fused-ring (bicyclic) bond motifs is 1. The van der Waals surface area contributed by atoms with Crippen molar-refractivity contribution >= 4 is 34.4 Å². The van der Waals surface area contributed by atoms with Crippen LogP contribution in [-0.4, -0.2) is 48.2 Å². The Balaban J connectivity index is 1.49. The Hall–Kier alpha value is -3.44. The number of rotatable bonds is 6. The van der Waals surface area contributed by atoms with E-state index in [4.69, 9.17) is 4.74 Å². The van der Waals surface area contributed by atoms with E-state index in [1.807, 2.05) is 0 Å². The second-order valence-electron chi connectivity index (χ2n) is 5.86. The lowest BCUT2D eigenvalue weighted by Gasteiger charge is -2.06. The summed E-state index contributed by atoms with van der Waals surface area (Å²) < 4.78 is 15.6. The van der Waals surface area contributed by atoms with Crippen molar-refractivity contribution in [3.8, 4) is 5.69 Å². The van der Waals surface area contributed by atoms with Gasteiger partial charge < -0.3 is 10.1 Å². The Bertz CT molecular complexity index is 1180. The van der Waals surface area contributed by atoms with Crippen LogP contribution in [0.25, 0.3) is 16.7 Å². The fraction of sp³-hybridized carbons (Fsp3) is 0.176. The molecule has 0 saturated heterocycles. The van der Waals surface area contributed by atoms with Gasteiger partial charge in [0.25, 0.3) is 5.91 Å². The van der Waals surface area contributed by atoms with Crippen molar-refractivity contribution in [2.75, 3.05) is 19.0 Å². The van der Waals surface area contributed by atoms with Crippen molar-refractivity contribution in [3.63, 3.8) is 0 Å². The first-order chi connectivity index (χ1) is 13.7. The van der Waals surface area contributed by atoms with Gasteiger partial charge in [-0.05, 0) is 52.9 Å². The first kappa shape index (κ1) is 17.9. The van der Waals surface area contributed by atoms with E-state index in [9.17, 15) is 9.59 Å². The molecule has 0 aliphatic carbocycles. The molecule has 1 N–H and O–H groups in total. The molecule has 0 atom stereocenters. The van der Waals surface area contributed by atoms with E-state index in [0.29, 0.717) is 35.6 Å². The van der Waals surface area contributed by atoms with Crippen LogP contribution < -0.4 is 11.0 Å². The Morgan fingerprint density at radius 1 is 1.11 bits per heavy atom. The molecule has 0 fully saturated rings. The summed E-state index contributed by atoms with van der Waals surface area (Å²) in [5, 5.41) is 10.5. The summed E-state index contributed by atoms with van der Waals surface area (Å²) in [5.41, 5.74) is 2.70. The summed E-state index contributed by atoms with van der Waals surface area (Å²) in [7, 11) is 1.55. The number of ether oxygens (including phenoxy) is 1. The smallest absolute Gasteiger partial charge is 0.368 e. The number of carbonyl (C=O) groups excluding carboxylic acids is 1. The highest BCUT2D eigenvalue weighted by atomic mass is 32.1. The summed E-state index contributed by atoms with van der Waals surface area (Å²) in [6, 6.07) is 11.9. The van der Waals surface area contributed by atoms with Crippen molar-refractivity contribution < 1.29 is 9.53 Å². The molecule has 0 aliphatic heterocycles. The number of benzene rings is 2. The van der Waals surface area contributed by atoms with Crippen LogP contribution in [0.2, 0.25) is 0 Å². The van der Waals surface area contributed by atoms with Gasteiger partial charge in [-0.15, -0.1) is 0 Å². The van der Waals surface area contributed by atoms with E-state index >= 15 is 0 Å². The summed E-state index contributed by atoms with van der Waals surface area (Å²) in [6.45, 7) is 0.689. The highest BCUT2D eigenvalue weighted by Gasteiger charge is 2.11. The van der Waals surface area contributed by atoms with Crippen molar-refractivity contribution in [2.45, 2.75) is 6.54 Å². The molecule has 0 aliphatic rings. The molecular formula is C17H15N7O3S. The van der Waals surface area contributed by atoms with Gasteiger partial charge in [0.2, 0.25) is 0 Å². The lowest BCUT2D eigenvalue weighted by atomic mass is 10.2. The molecule has 142 valence electrons. The second-order valence-corrected chi connectivity index (χ2v) is 6.39. The van der Waals surface area contributed by atoms with E-state index in [1.54, 1.807) is 49.6 Å². The predicted octanol–water partition coefficient (Wildman–Crippen LogP) is 1.33. The van der Waals surface area contributed by atoms with Gasteiger partial charge in [-0.1, -0.05) is 0 Å². The molecule has 0 saturated carbocycles. The SMILES string of the molecule is COCCn1nnn(-c2ccc(NC(=O)c3ccc4nsnc4c3)cc2)c1=O. The fourth-order valence-corrected chi connectivity index (χ4v) is 3.08. The number of nitrogens with zero attached hydrogens (tertiary/aromatic N) is 6. The van der Waals surface area contributed by atoms with Gasteiger partial charge in [0.05, 0.1) is 30.6 Å². The quantitative estimate of drug-likeness (QED) is 0.522. The van der Waals surface area contributed by atoms with Crippen LogP contribution in [0.5, 0.6) is 0 Å². The summed E-state index contributed by atoms with van der Waals surface area (Å²) in [5.74, 6) is -0.259. The maximum Gasteiger partial charge on any atom is 0.368 e. The van der Waals surface area contributed by atoms with E-state index in [-0.39, 0.29) is 11.6 Å². The molecule has 2 heterocycles. The number of hydrogen-bond acceptors (Lipinski definition) is 8. The molecule has 10 nitrogen and oxygen atoms in total. The van der Waals surface area contributed by atoms with Crippen LogP contribution in [-0.2, 0) is 11.3 Å². The summed E-state index contributed by atoms with van der Waals surface area (Å²) in [6.07, 6.45) is 0. The number of nitrogens with one attached hydrogen (secondary N) is 1.